The Morgan fingerprint density at radius 1 is 0.362 bits per heavy atom. The normalized spacial score (nSPS) is 11.4. The van der Waals surface area contributed by atoms with Crippen LogP contribution in [-0.2, 0) is 0 Å². The van der Waals surface area contributed by atoms with E-state index < -0.39 is 0 Å². The Labute approximate surface area is 278 Å². The summed E-state index contributed by atoms with van der Waals surface area (Å²) in [5.41, 5.74) is 11.3. The molecule has 0 unspecified atom stereocenters. The van der Waals surface area contributed by atoms with Crippen molar-refractivity contribution >= 4 is 42.3 Å². The van der Waals surface area contributed by atoms with E-state index in [-0.39, 0.29) is 0 Å². The molecule has 9 aromatic rings. The molecule has 0 fully saturated rings. The fourth-order valence-corrected chi connectivity index (χ4v) is 8.01. The van der Waals surface area contributed by atoms with Gasteiger partial charge in [0.25, 0.3) is 0 Å². The molecule has 0 amide bonds. The number of hydrogen-bond donors (Lipinski definition) is 0. The molecule has 0 bridgehead atoms. The first-order valence-electron chi connectivity index (χ1n) is 16.0. The first-order valence-corrected chi connectivity index (χ1v) is 16.8. The lowest BCUT2D eigenvalue weighted by molar-refractivity contribution is 1.32. The zero-order valence-electron chi connectivity index (χ0n) is 25.6. The van der Waals surface area contributed by atoms with E-state index in [1.807, 2.05) is 17.4 Å². The predicted octanol–water partition coefficient (Wildman–Crippen LogP) is 12.9. The fraction of sp³-hybridized carbons (Fsp3) is 0. The number of rotatable bonds is 5. The monoisotopic (exact) mass is 615 g/mol. The molecular formula is C45H29NS. The minimum Gasteiger partial charge on any atom is -0.248 e. The van der Waals surface area contributed by atoms with Crippen LogP contribution in [0.2, 0.25) is 0 Å². The average Bonchev–Trinajstić information content (AvgIpc) is 3.55. The zero-order valence-corrected chi connectivity index (χ0v) is 26.4. The smallest absolute Gasteiger partial charge is 0.0715 e. The fourth-order valence-electron chi connectivity index (χ4n) is 6.75. The van der Waals surface area contributed by atoms with E-state index in [0.29, 0.717) is 0 Å². The molecule has 0 saturated carbocycles. The molecule has 0 spiro atoms. The van der Waals surface area contributed by atoms with Crippen molar-refractivity contribution in [3.05, 3.63) is 176 Å². The molecule has 0 atom stereocenters. The van der Waals surface area contributed by atoms with Crippen molar-refractivity contribution in [3.8, 4) is 55.9 Å². The maximum atomic E-state index is 5.18. The second-order valence-corrected chi connectivity index (χ2v) is 13.0. The summed E-state index contributed by atoms with van der Waals surface area (Å²) in [5, 5.41) is 5.28. The topological polar surface area (TPSA) is 12.9 Å². The van der Waals surface area contributed by atoms with Gasteiger partial charge in [0, 0.05) is 31.3 Å². The van der Waals surface area contributed by atoms with Crippen LogP contribution in [0, 0.1) is 0 Å². The van der Waals surface area contributed by atoms with E-state index in [1.165, 1.54) is 58.8 Å². The van der Waals surface area contributed by atoms with Crippen LogP contribution in [-0.4, -0.2) is 4.98 Å². The number of fused-ring (bicyclic) bond motifs is 5. The molecule has 0 saturated heterocycles. The molecule has 2 heteroatoms. The van der Waals surface area contributed by atoms with Gasteiger partial charge in [0.1, 0.15) is 0 Å². The van der Waals surface area contributed by atoms with Gasteiger partial charge in [-0.2, -0.15) is 0 Å². The second-order valence-electron chi connectivity index (χ2n) is 12.0. The quantitative estimate of drug-likeness (QED) is 0.188. The van der Waals surface area contributed by atoms with Gasteiger partial charge in [-0.3, -0.25) is 0 Å². The van der Waals surface area contributed by atoms with Gasteiger partial charge < -0.3 is 0 Å². The summed E-state index contributed by atoms with van der Waals surface area (Å²) in [6, 6.07) is 63.1. The summed E-state index contributed by atoms with van der Waals surface area (Å²) in [4.78, 5) is 5.18. The van der Waals surface area contributed by atoms with E-state index in [0.717, 1.165) is 28.1 Å². The minimum absolute atomic E-state index is 0.963. The van der Waals surface area contributed by atoms with E-state index in [4.69, 9.17) is 4.98 Å². The Balaban J connectivity index is 1.15. The summed E-state index contributed by atoms with van der Waals surface area (Å²) < 4.78 is 2.66. The molecule has 0 N–H and O–H groups in total. The summed E-state index contributed by atoms with van der Waals surface area (Å²) in [5.74, 6) is 0. The van der Waals surface area contributed by atoms with Gasteiger partial charge in [-0.25, -0.2) is 4.98 Å². The van der Waals surface area contributed by atoms with Crippen LogP contribution in [0.1, 0.15) is 0 Å². The second kappa shape index (κ2) is 11.5. The van der Waals surface area contributed by atoms with Crippen LogP contribution >= 0.6 is 11.3 Å². The van der Waals surface area contributed by atoms with E-state index >= 15 is 0 Å². The van der Waals surface area contributed by atoms with Crippen LogP contribution in [0.25, 0.3) is 86.8 Å². The minimum atomic E-state index is 0.963. The molecule has 9 rings (SSSR count). The number of nitrogens with zero attached hydrogens (tertiary/aromatic N) is 1. The van der Waals surface area contributed by atoms with Gasteiger partial charge >= 0.3 is 0 Å². The number of benzene rings is 7. The third-order valence-electron chi connectivity index (χ3n) is 9.05. The Kier molecular flexibility index (Phi) is 6.73. The lowest BCUT2D eigenvalue weighted by atomic mass is 9.95. The molecular weight excluding hydrogens is 587 g/mol. The highest BCUT2D eigenvalue weighted by atomic mass is 32.1. The van der Waals surface area contributed by atoms with Crippen molar-refractivity contribution in [1.82, 2.24) is 4.98 Å². The van der Waals surface area contributed by atoms with Gasteiger partial charge in [-0.15, -0.1) is 11.3 Å². The van der Waals surface area contributed by atoms with Crippen LogP contribution in [0.5, 0.6) is 0 Å². The van der Waals surface area contributed by atoms with Crippen molar-refractivity contribution in [1.29, 1.82) is 0 Å². The highest BCUT2D eigenvalue weighted by Gasteiger charge is 2.14. The van der Waals surface area contributed by atoms with Gasteiger partial charge in [-0.1, -0.05) is 146 Å². The van der Waals surface area contributed by atoms with E-state index in [2.05, 4.69) is 170 Å². The van der Waals surface area contributed by atoms with Crippen molar-refractivity contribution in [2.24, 2.45) is 0 Å². The largest absolute Gasteiger partial charge is 0.248 e. The van der Waals surface area contributed by atoms with Crippen LogP contribution in [0.4, 0.5) is 0 Å². The average molecular weight is 616 g/mol. The predicted molar refractivity (Wildman–Crippen MR) is 202 cm³/mol. The Hall–Kier alpha value is -5.83. The summed E-state index contributed by atoms with van der Waals surface area (Å²) in [6.07, 6.45) is 0. The van der Waals surface area contributed by atoms with Gasteiger partial charge in [-0.05, 0) is 74.5 Å². The van der Waals surface area contributed by atoms with Crippen molar-refractivity contribution in [2.45, 2.75) is 0 Å². The molecule has 47 heavy (non-hydrogen) atoms. The highest BCUT2D eigenvalue weighted by molar-refractivity contribution is 7.26. The molecule has 7 aromatic carbocycles. The van der Waals surface area contributed by atoms with Crippen molar-refractivity contribution < 1.29 is 0 Å². The third kappa shape index (κ3) is 5.00. The van der Waals surface area contributed by atoms with E-state index in [9.17, 15) is 0 Å². The first-order chi connectivity index (χ1) is 23.3. The summed E-state index contributed by atoms with van der Waals surface area (Å²) in [6.45, 7) is 0. The van der Waals surface area contributed by atoms with Gasteiger partial charge in [0.05, 0.1) is 11.4 Å². The highest BCUT2D eigenvalue weighted by Crippen LogP contribution is 2.43. The SMILES string of the molecule is c1ccc(-c2cc(-c3ccccc3)nc(-c3cccc(-c4cccc(-c5cccc6c5sc5ccc7ccccc7c56)c4)c3)c2)cc1. The number of hydrogen-bond acceptors (Lipinski definition) is 2. The lowest BCUT2D eigenvalue weighted by Crippen LogP contribution is -1.91. The summed E-state index contributed by atoms with van der Waals surface area (Å²) >= 11 is 1.89. The van der Waals surface area contributed by atoms with Crippen molar-refractivity contribution in [2.75, 3.05) is 0 Å². The third-order valence-corrected chi connectivity index (χ3v) is 10.3. The number of thiophene rings is 1. The maximum absolute atomic E-state index is 5.18. The molecule has 1 nitrogen and oxygen atoms in total. The molecule has 0 aliphatic heterocycles. The summed E-state index contributed by atoms with van der Waals surface area (Å²) in [7, 11) is 0. The molecule has 2 heterocycles. The first kappa shape index (κ1) is 27.5. The standard InChI is InChI=1S/C45H29NS/c1-3-12-30(13-4-1)37-28-41(32-15-5-2-6-16-32)46-42(29-37)36-20-10-18-34(27-36)33-17-9-19-35(26-33)39-22-11-23-40-44-38-21-8-7-14-31(38)24-25-43(44)47-45(39)40/h1-29H. The number of aromatic nitrogens is 1. The van der Waals surface area contributed by atoms with Crippen LogP contribution in [0.3, 0.4) is 0 Å². The van der Waals surface area contributed by atoms with Gasteiger partial charge in [0.15, 0.2) is 0 Å². The Morgan fingerprint density at radius 2 is 0.936 bits per heavy atom. The molecule has 2 aromatic heterocycles. The van der Waals surface area contributed by atoms with Crippen LogP contribution < -0.4 is 0 Å². The molecule has 220 valence electrons. The maximum Gasteiger partial charge on any atom is 0.0715 e. The zero-order chi connectivity index (χ0) is 31.2. The molecule has 0 aliphatic carbocycles. The number of pyridine rings is 1. The van der Waals surface area contributed by atoms with Gasteiger partial charge in [0.2, 0.25) is 0 Å². The Bertz CT molecular complexity index is 2510. The molecule has 0 radical (unpaired) electrons. The van der Waals surface area contributed by atoms with Crippen molar-refractivity contribution in [3.63, 3.8) is 0 Å². The Morgan fingerprint density at radius 3 is 1.72 bits per heavy atom. The van der Waals surface area contributed by atoms with E-state index in [1.54, 1.807) is 0 Å². The molecule has 0 aliphatic rings. The lowest BCUT2D eigenvalue weighted by Gasteiger charge is -2.12. The van der Waals surface area contributed by atoms with Crippen LogP contribution in [0.15, 0.2) is 176 Å².